The molecule has 1 atom stereocenters. The van der Waals surface area contributed by atoms with Gasteiger partial charge < -0.3 is 20.1 Å². The highest BCUT2D eigenvalue weighted by molar-refractivity contribution is 5.75. The van der Waals surface area contributed by atoms with E-state index < -0.39 is 0 Å². The Morgan fingerprint density at radius 3 is 3.06 bits per heavy atom. The summed E-state index contributed by atoms with van der Waals surface area (Å²) in [6.45, 7) is 4.59. The molecule has 0 aromatic rings. The first-order valence-electron chi connectivity index (χ1n) is 6.37. The van der Waals surface area contributed by atoms with Crippen LogP contribution in [0.15, 0.2) is 0 Å². The lowest BCUT2D eigenvalue weighted by Crippen LogP contribution is -2.33. The van der Waals surface area contributed by atoms with Crippen LogP contribution < -0.4 is 10.6 Å². The zero-order chi connectivity index (χ0) is 12.3. The van der Waals surface area contributed by atoms with Gasteiger partial charge in [-0.1, -0.05) is 0 Å². The lowest BCUT2D eigenvalue weighted by molar-refractivity contribution is -0.121. The third-order valence-corrected chi connectivity index (χ3v) is 2.84. The van der Waals surface area contributed by atoms with Crippen LogP contribution in [0.2, 0.25) is 0 Å². The standard InChI is InChI=1S/C12H24N2O3/c1-16-8-6-14-12(15)4-5-13-9-11-3-2-7-17-10-11/h11,13H,2-10H2,1H3,(H,14,15). The van der Waals surface area contributed by atoms with Crippen molar-refractivity contribution in [3.05, 3.63) is 0 Å². The maximum atomic E-state index is 11.3. The van der Waals surface area contributed by atoms with Gasteiger partial charge in [0.2, 0.25) is 5.91 Å². The number of hydrogen-bond acceptors (Lipinski definition) is 4. The first-order valence-corrected chi connectivity index (χ1v) is 6.37. The molecule has 5 heteroatoms. The minimum atomic E-state index is 0.0782. The van der Waals surface area contributed by atoms with Gasteiger partial charge in [0.1, 0.15) is 0 Å². The van der Waals surface area contributed by atoms with Gasteiger partial charge in [-0.05, 0) is 18.8 Å². The molecule has 5 nitrogen and oxygen atoms in total. The smallest absolute Gasteiger partial charge is 0.221 e. The van der Waals surface area contributed by atoms with E-state index in [1.54, 1.807) is 7.11 Å². The fourth-order valence-corrected chi connectivity index (χ4v) is 1.86. The SMILES string of the molecule is COCCNC(=O)CCNCC1CCCOC1. The number of carbonyl (C=O) groups is 1. The predicted octanol–water partition coefficient (Wildman–Crippen LogP) is 0.155. The van der Waals surface area contributed by atoms with E-state index in [-0.39, 0.29) is 5.91 Å². The van der Waals surface area contributed by atoms with Gasteiger partial charge in [-0.25, -0.2) is 0 Å². The summed E-state index contributed by atoms with van der Waals surface area (Å²) < 4.78 is 10.2. The van der Waals surface area contributed by atoms with Crippen molar-refractivity contribution in [3.63, 3.8) is 0 Å². The number of nitrogens with one attached hydrogen (secondary N) is 2. The molecule has 1 fully saturated rings. The van der Waals surface area contributed by atoms with E-state index in [2.05, 4.69) is 10.6 Å². The van der Waals surface area contributed by atoms with Crippen LogP contribution in [0.25, 0.3) is 0 Å². The van der Waals surface area contributed by atoms with E-state index in [1.807, 2.05) is 0 Å². The van der Waals surface area contributed by atoms with E-state index in [0.29, 0.717) is 25.5 Å². The average molecular weight is 244 g/mol. The topological polar surface area (TPSA) is 59.6 Å². The molecular weight excluding hydrogens is 220 g/mol. The summed E-state index contributed by atoms with van der Waals surface area (Å²) in [7, 11) is 1.62. The third kappa shape index (κ3) is 7.31. The summed E-state index contributed by atoms with van der Waals surface area (Å²) in [5, 5.41) is 6.10. The van der Waals surface area contributed by atoms with Crippen LogP contribution in [0.4, 0.5) is 0 Å². The van der Waals surface area contributed by atoms with Crippen LogP contribution in [0.1, 0.15) is 19.3 Å². The Balaban J connectivity index is 1.90. The number of ether oxygens (including phenoxy) is 2. The van der Waals surface area contributed by atoms with Crippen molar-refractivity contribution >= 4 is 5.91 Å². The Bertz CT molecular complexity index is 206. The van der Waals surface area contributed by atoms with E-state index in [4.69, 9.17) is 9.47 Å². The van der Waals surface area contributed by atoms with Crippen molar-refractivity contribution in [1.82, 2.24) is 10.6 Å². The molecule has 1 saturated heterocycles. The van der Waals surface area contributed by atoms with Crippen molar-refractivity contribution in [2.24, 2.45) is 5.92 Å². The van der Waals surface area contributed by atoms with Crippen molar-refractivity contribution in [2.45, 2.75) is 19.3 Å². The van der Waals surface area contributed by atoms with E-state index in [9.17, 15) is 4.79 Å². The highest BCUT2D eigenvalue weighted by Crippen LogP contribution is 2.11. The molecule has 1 unspecified atom stereocenters. The third-order valence-electron chi connectivity index (χ3n) is 2.84. The number of methoxy groups -OCH3 is 1. The Morgan fingerprint density at radius 1 is 1.47 bits per heavy atom. The van der Waals surface area contributed by atoms with Crippen LogP contribution in [0, 0.1) is 5.92 Å². The van der Waals surface area contributed by atoms with Gasteiger partial charge in [0.25, 0.3) is 0 Å². The second-order valence-corrected chi connectivity index (χ2v) is 4.38. The van der Waals surface area contributed by atoms with Gasteiger partial charge in [0.15, 0.2) is 0 Å². The van der Waals surface area contributed by atoms with Crippen molar-refractivity contribution in [3.8, 4) is 0 Å². The molecule has 1 aliphatic rings. The zero-order valence-corrected chi connectivity index (χ0v) is 10.7. The van der Waals surface area contributed by atoms with Gasteiger partial charge >= 0.3 is 0 Å². The van der Waals surface area contributed by atoms with E-state index >= 15 is 0 Å². The monoisotopic (exact) mass is 244 g/mol. The van der Waals surface area contributed by atoms with Crippen LogP contribution in [-0.2, 0) is 14.3 Å². The average Bonchev–Trinajstić information content (AvgIpc) is 2.36. The molecule has 2 N–H and O–H groups in total. The Hall–Kier alpha value is -0.650. The first kappa shape index (κ1) is 14.4. The maximum Gasteiger partial charge on any atom is 0.221 e. The van der Waals surface area contributed by atoms with E-state index in [1.165, 1.54) is 6.42 Å². The van der Waals surface area contributed by atoms with Gasteiger partial charge in [-0.15, -0.1) is 0 Å². The van der Waals surface area contributed by atoms with Gasteiger partial charge in [-0.2, -0.15) is 0 Å². The molecule has 0 aromatic heterocycles. The van der Waals surface area contributed by atoms with Crippen LogP contribution in [0.5, 0.6) is 0 Å². The number of hydrogen-bond donors (Lipinski definition) is 2. The molecule has 1 heterocycles. The molecule has 0 aliphatic carbocycles. The lowest BCUT2D eigenvalue weighted by atomic mass is 10.0. The summed E-state index contributed by atoms with van der Waals surface area (Å²) in [5.41, 5.74) is 0. The van der Waals surface area contributed by atoms with E-state index in [0.717, 1.165) is 32.7 Å². The Labute approximate surface area is 103 Å². The van der Waals surface area contributed by atoms with Gasteiger partial charge in [0, 0.05) is 39.8 Å². The largest absolute Gasteiger partial charge is 0.383 e. The summed E-state index contributed by atoms with van der Waals surface area (Å²) in [6.07, 6.45) is 2.91. The summed E-state index contributed by atoms with van der Waals surface area (Å²) >= 11 is 0. The van der Waals surface area contributed by atoms with Gasteiger partial charge in [-0.3, -0.25) is 4.79 Å². The Morgan fingerprint density at radius 2 is 2.35 bits per heavy atom. The minimum Gasteiger partial charge on any atom is -0.383 e. The molecule has 1 rings (SSSR count). The number of carbonyl (C=O) groups excluding carboxylic acids is 1. The van der Waals surface area contributed by atoms with Crippen molar-refractivity contribution < 1.29 is 14.3 Å². The molecule has 100 valence electrons. The van der Waals surface area contributed by atoms with Crippen LogP contribution >= 0.6 is 0 Å². The second kappa shape index (κ2) is 9.39. The maximum absolute atomic E-state index is 11.3. The first-order chi connectivity index (χ1) is 8.33. The summed E-state index contributed by atoms with van der Waals surface area (Å²) in [6, 6.07) is 0. The zero-order valence-electron chi connectivity index (χ0n) is 10.7. The molecule has 0 saturated carbocycles. The fraction of sp³-hybridized carbons (Fsp3) is 0.917. The summed E-state index contributed by atoms with van der Waals surface area (Å²) in [5.74, 6) is 0.690. The second-order valence-electron chi connectivity index (χ2n) is 4.38. The minimum absolute atomic E-state index is 0.0782. The molecule has 1 aliphatic heterocycles. The molecule has 17 heavy (non-hydrogen) atoms. The molecular formula is C12H24N2O3. The number of amides is 1. The molecule has 0 aromatic carbocycles. The normalized spacial score (nSPS) is 20.2. The Kier molecular flexibility index (Phi) is 7.96. The van der Waals surface area contributed by atoms with Crippen LogP contribution in [-0.4, -0.2) is 52.5 Å². The highest BCUT2D eigenvalue weighted by atomic mass is 16.5. The van der Waals surface area contributed by atoms with Gasteiger partial charge in [0.05, 0.1) is 13.2 Å². The summed E-state index contributed by atoms with van der Waals surface area (Å²) in [4.78, 5) is 11.3. The lowest BCUT2D eigenvalue weighted by Gasteiger charge is -2.22. The molecule has 0 radical (unpaired) electrons. The molecule has 0 spiro atoms. The van der Waals surface area contributed by atoms with Crippen LogP contribution in [0.3, 0.4) is 0 Å². The van der Waals surface area contributed by atoms with Crippen molar-refractivity contribution in [1.29, 1.82) is 0 Å². The molecule has 0 bridgehead atoms. The highest BCUT2D eigenvalue weighted by Gasteiger charge is 2.12. The fourth-order valence-electron chi connectivity index (χ4n) is 1.86. The quantitative estimate of drug-likeness (QED) is 0.597. The predicted molar refractivity (Wildman–Crippen MR) is 65.9 cm³/mol. The number of rotatable bonds is 8. The van der Waals surface area contributed by atoms with Crippen molar-refractivity contribution in [2.75, 3.05) is 46.6 Å². The molecule has 1 amide bonds.